The van der Waals surface area contributed by atoms with Crippen LogP contribution in [0.4, 0.5) is 5.69 Å². The van der Waals surface area contributed by atoms with Crippen molar-refractivity contribution in [3.05, 3.63) is 23.5 Å². The maximum atomic E-state index is 5.63. The predicted octanol–water partition coefficient (Wildman–Crippen LogP) is 2.10. The lowest BCUT2D eigenvalue weighted by molar-refractivity contribution is 1.11. The van der Waals surface area contributed by atoms with Gasteiger partial charge in [0.25, 0.3) is 0 Å². The van der Waals surface area contributed by atoms with Crippen molar-refractivity contribution in [1.82, 2.24) is 4.98 Å². The van der Waals surface area contributed by atoms with E-state index in [-0.39, 0.29) is 0 Å². The average Bonchev–Trinajstić information content (AvgIpc) is 2.09. The summed E-state index contributed by atoms with van der Waals surface area (Å²) in [5.74, 6) is 0.647. The third-order valence-corrected chi connectivity index (χ3v) is 1.82. The van der Waals surface area contributed by atoms with Gasteiger partial charge in [0.15, 0.2) is 0 Å². The summed E-state index contributed by atoms with van der Waals surface area (Å²) in [6.07, 6.45) is 0.771. The first-order valence-electron chi connectivity index (χ1n) is 4.40. The van der Waals surface area contributed by atoms with Gasteiger partial charge in [0.1, 0.15) is 0 Å². The van der Waals surface area contributed by atoms with E-state index in [4.69, 9.17) is 5.73 Å². The fraction of sp³-hybridized carbons (Fsp3) is 0.400. The van der Waals surface area contributed by atoms with Crippen molar-refractivity contribution >= 4 is 11.5 Å². The molecule has 0 aliphatic heterocycles. The van der Waals surface area contributed by atoms with Gasteiger partial charge in [-0.25, -0.2) is 4.99 Å². The van der Waals surface area contributed by atoms with Gasteiger partial charge in [-0.2, -0.15) is 0 Å². The number of nitrogens with two attached hydrogens (primary N) is 1. The molecule has 0 aliphatic carbocycles. The Morgan fingerprint density at radius 2 is 2.15 bits per heavy atom. The van der Waals surface area contributed by atoms with E-state index in [0.717, 1.165) is 23.5 Å². The van der Waals surface area contributed by atoms with Gasteiger partial charge in [0.2, 0.25) is 0 Å². The summed E-state index contributed by atoms with van der Waals surface area (Å²) >= 11 is 0. The van der Waals surface area contributed by atoms with E-state index in [1.165, 1.54) is 0 Å². The SMILES string of the molecule is CCC(N)=Nc1ccc(C)nc1C. The number of aromatic nitrogens is 1. The summed E-state index contributed by atoms with van der Waals surface area (Å²) in [4.78, 5) is 8.55. The highest BCUT2D eigenvalue weighted by Crippen LogP contribution is 2.16. The molecule has 1 aromatic heterocycles. The summed E-state index contributed by atoms with van der Waals surface area (Å²) < 4.78 is 0. The van der Waals surface area contributed by atoms with Crippen molar-refractivity contribution in [2.24, 2.45) is 10.7 Å². The number of aryl methyl sites for hydroxylation is 2. The molecule has 2 N–H and O–H groups in total. The van der Waals surface area contributed by atoms with Gasteiger partial charge in [0, 0.05) is 12.1 Å². The minimum absolute atomic E-state index is 0.647. The van der Waals surface area contributed by atoms with Crippen LogP contribution in [0.25, 0.3) is 0 Å². The third-order valence-electron chi connectivity index (χ3n) is 1.82. The molecule has 0 aromatic carbocycles. The third kappa shape index (κ3) is 2.54. The van der Waals surface area contributed by atoms with Gasteiger partial charge in [-0.3, -0.25) is 4.98 Å². The normalized spacial score (nSPS) is 11.8. The topological polar surface area (TPSA) is 51.3 Å². The molecule has 1 rings (SSSR count). The van der Waals surface area contributed by atoms with Crippen LogP contribution in [0.3, 0.4) is 0 Å². The van der Waals surface area contributed by atoms with Gasteiger partial charge in [-0.15, -0.1) is 0 Å². The Bertz CT molecular complexity index is 329. The molecular formula is C10H15N3. The lowest BCUT2D eigenvalue weighted by Gasteiger charge is -2.01. The molecule has 1 heterocycles. The highest BCUT2D eigenvalue weighted by atomic mass is 14.9. The Hall–Kier alpha value is -1.38. The number of rotatable bonds is 2. The molecule has 0 unspecified atom stereocenters. The zero-order valence-electron chi connectivity index (χ0n) is 8.33. The van der Waals surface area contributed by atoms with Gasteiger partial charge in [-0.1, -0.05) is 6.92 Å². The molecular weight excluding hydrogens is 162 g/mol. The smallest absolute Gasteiger partial charge is 0.0994 e. The Balaban J connectivity index is 3.03. The quantitative estimate of drug-likeness (QED) is 0.555. The summed E-state index contributed by atoms with van der Waals surface area (Å²) in [6.45, 7) is 5.88. The highest BCUT2D eigenvalue weighted by molar-refractivity contribution is 5.83. The standard InChI is InChI=1S/C10H15N3/c1-4-10(11)13-9-6-5-7(2)12-8(9)3/h5-6H,4H2,1-3H3,(H2,11,13). The van der Waals surface area contributed by atoms with Gasteiger partial charge in [-0.05, 0) is 26.0 Å². The van der Waals surface area contributed by atoms with Crippen LogP contribution >= 0.6 is 0 Å². The number of aliphatic imine (C=N–C) groups is 1. The molecule has 3 heteroatoms. The molecule has 0 saturated carbocycles. The number of hydrogen-bond donors (Lipinski definition) is 1. The van der Waals surface area contributed by atoms with E-state index in [1.54, 1.807) is 0 Å². The monoisotopic (exact) mass is 177 g/mol. The van der Waals surface area contributed by atoms with E-state index in [9.17, 15) is 0 Å². The molecule has 13 heavy (non-hydrogen) atoms. The zero-order valence-corrected chi connectivity index (χ0v) is 8.33. The van der Waals surface area contributed by atoms with Crippen LogP contribution in [0.2, 0.25) is 0 Å². The largest absolute Gasteiger partial charge is 0.387 e. The molecule has 0 aliphatic rings. The van der Waals surface area contributed by atoms with E-state index >= 15 is 0 Å². The zero-order chi connectivity index (χ0) is 9.84. The van der Waals surface area contributed by atoms with E-state index < -0.39 is 0 Å². The van der Waals surface area contributed by atoms with Crippen LogP contribution in [0, 0.1) is 13.8 Å². The molecule has 0 saturated heterocycles. The second-order valence-corrected chi connectivity index (χ2v) is 3.01. The molecule has 0 amide bonds. The molecule has 0 atom stereocenters. The Morgan fingerprint density at radius 1 is 1.46 bits per heavy atom. The maximum Gasteiger partial charge on any atom is 0.0994 e. The van der Waals surface area contributed by atoms with Gasteiger partial charge >= 0.3 is 0 Å². The van der Waals surface area contributed by atoms with Gasteiger partial charge in [0.05, 0.1) is 17.2 Å². The second-order valence-electron chi connectivity index (χ2n) is 3.01. The summed E-state index contributed by atoms with van der Waals surface area (Å²) in [5.41, 5.74) is 8.43. The number of pyridine rings is 1. The van der Waals surface area contributed by atoms with Crippen LogP contribution in [0.1, 0.15) is 24.7 Å². The summed E-state index contributed by atoms with van der Waals surface area (Å²) in [7, 11) is 0. The molecule has 1 aromatic rings. The molecule has 0 bridgehead atoms. The molecule has 0 spiro atoms. The van der Waals surface area contributed by atoms with Crippen LogP contribution in [0.5, 0.6) is 0 Å². The van der Waals surface area contributed by atoms with Crippen molar-refractivity contribution in [1.29, 1.82) is 0 Å². The number of amidine groups is 1. The Labute approximate surface area is 78.7 Å². The van der Waals surface area contributed by atoms with Crippen LogP contribution in [0.15, 0.2) is 17.1 Å². The average molecular weight is 177 g/mol. The minimum Gasteiger partial charge on any atom is -0.387 e. The first kappa shape index (κ1) is 9.71. The van der Waals surface area contributed by atoms with Crippen molar-refractivity contribution in [3.8, 4) is 0 Å². The second kappa shape index (κ2) is 4.03. The minimum atomic E-state index is 0.647. The fourth-order valence-corrected chi connectivity index (χ4v) is 1.03. The van der Waals surface area contributed by atoms with Crippen molar-refractivity contribution in [2.75, 3.05) is 0 Å². The molecule has 0 fully saturated rings. The lowest BCUT2D eigenvalue weighted by atomic mass is 10.3. The van der Waals surface area contributed by atoms with Crippen molar-refractivity contribution < 1.29 is 0 Å². The van der Waals surface area contributed by atoms with E-state index in [1.807, 2.05) is 32.9 Å². The van der Waals surface area contributed by atoms with E-state index in [2.05, 4.69) is 9.98 Å². The number of nitrogens with zero attached hydrogens (tertiary/aromatic N) is 2. The number of hydrogen-bond acceptors (Lipinski definition) is 2. The van der Waals surface area contributed by atoms with E-state index in [0.29, 0.717) is 5.84 Å². The maximum absolute atomic E-state index is 5.63. The molecule has 70 valence electrons. The predicted molar refractivity (Wildman–Crippen MR) is 55.3 cm³/mol. The first-order chi connectivity index (χ1) is 6.13. The lowest BCUT2D eigenvalue weighted by Crippen LogP contribution is -2.08. The fourth-order valence-electron chi connectivity index (χ4n) is 1.03. The van der Waals surface area contributed by atoms with Crippen molar-refractivity contribution in [3.63, 3.8) is 0 Å². The highest BCUT2D eigenvalue weighted by Gasteiger charge is 1.98. The first-order valence-corrected chi connectivity index (χ1v) is 4.40. The molecule has 3 nitrogen and oxygen atoms in total. The van der Waals surface area contributed by atoms with Crippen LogP contribution < -0.4 is 5.73 Å². The summed E-state index contributed by atoms with van der Waals surface area (Å²) in [6, 6.07) is 3.88. The molecule has 0 radical (unpaired) electrons. The van der Waals surface area contributed by atoms with Crippen LogP contribution in [-0.4, -0.2) is 10.8 Å². The Kier molecular flexibility index (Phi) is 3.01. The van der Waals surface area contributed by atoms with Gasteiger partial charge < -0.3 is 5.73 Å². The van der Waals surface area contributed by atoms with Crippen LogP contribution in [-0.2, 0) is 0 Å². The van der Waals surface area contributed by atoms with Crippen molar-refractivity contribution in [2.45, 2.75) is 27.2 Å². The summed E-state index contributed by atoms with van der Waals surface area (Å²) in [5, 5.41) is 0. The Morgan fingerprint density at radius 3 is 2.69 bits per heavy atom.